The first-order valence-corrected chi connectivity index (χ1v) is 9.40. The first-order valence-electron chi connectivity index (χ1n) is 7.91. The van der Waals surface area contributed by atoms with Crippen LogP contribution >= 0.6 is 0 Å². The third-order valence-corrected chi connectivity index (χ3v) is 5.12. The van der Waals surface area contributed by atoms with E-state index in [1.807, 2.05) is 42.5 Å². The first-order chi connectivity index (χ1) is 12.1. The van der Waals surface area contributed by atoms with Crippen molar-refractivity contribution in [2.24, 2.45) is 0 Å². The highest BCUT2D eigenvalue weighted by Crippen LogP contribution is 2.25. The predicted octanol–water partition coefficient (Wildman–Crippen LogP) is 3.87. The number of carboxylic acid groups (broad SMARTS) is 1. The second-order valence-corrected chi connectivity index (χ2v) is 7.19. The van der Waals surface area contributed by atoms with Gasteiger partial charge in [-0.25, -0.2) is 4.79 Å². The summed E-state index contributed by atoms with van der Waals surface area (Å²) in [5.41, 5.74) is 1.09. The van der Waals surface area contributed by atoms with E-state index >= 15 is 0 Å². The molecule has 4 nitrogen and oxygen atoms in total. The smallest absolute Gasteiger partial charge is 0.335 e. The molecule has 0 aromatic heterocycles. The van der Waals surface area contributed by atoms with E-state index in [-0.39, 0.29) is 5.56 Å². The monoisotopic (exact) mass is 354 g/mol. The van der Waals surface area contributed by atoms with Crippen LogP contribution in [0.1, 0.15) is 15.9 Å². The van der Waals surface area contributed by atoms with E-state index in [1.165, 1.54) is 12.1 Å². The van der Waals surface area contributed by atoms with E-state index in [1.54, 1.807) is 12.1 Å². The molecule has 0 aliphatic heterocycles. The summed E-state index contributed by atoms with van der Waals surface area (Å²) < 4.78 is 18.0. The normalized spacial score (nSPS) is 12.0. The fourth-order valence-electron chi connectivity index (χ4n) is 2.57. The first kappa shape index (κ1) is 17.2. The van der Waals surface area contributed by atoms with Crippen LogP contribution in [0.25, 0.3) is 10.8 Å². The third kappa shape index (κ3) is 4.45. The second kappa shape index (κ2) is 7.94. The fraction of sp³-hybridized carbons (Fsp3) is 0.150. The molecule has 0 saturated heterocycles. The Balaban J connectivity index is 1.54. The van der Waals surface area contributed by atoms with Crippen molar-refractivity contribution in [2.45, 2.75) is 5.75 Å². The molecular weight excluding hydrogens is 336 g/mol. The van der Waals surface area contributed by atoms with E-state index in [0.717, 1.165) is 22.1 Å². The molecule has 0 fully saturated rings. The van der Waals surface area contributed by atoms with Crippen LogP contribution < -0.4 is 4.74 Å². The maximum absolute atomic E-state index is 12.2. The average Bonchev–Trinajstić information content (AvgIpc) is 2.62. The molecule has 0 aliphatic rings. The van der Waals surface area contributed by atoms with Crippen LogP contribution in [-0.2, 0) is 16.6 Å². The molecule has 25 heavy (non-hydrogen) atoms. The van der Waals surface area contributed by atoms with E-state index < -0.39 is 16.8 Å². The summed E-state index contributed by atoms with van der Waals surface area (Å²) in [6.45, 7) is 0.369. The molecule has 1 N–H and O–H groups in total. The highest BCUT2D eigenvalue weighted by atomic mass is 32.2. The number of carbonyl (C=O) groups is 1. The Hall–Kier alpha value is -2.66. The molecule has 0 aliphatic carbocycles. The van der Waals surface area contributed by atoms with Gasteiger partial charge in [0.2, 0.25) is 0 Å². The highest BCUT2D eigenvalue weighted by Gasteiger charge is 2.06. The van der Waals surface area contributed by atoms with Gasteiger partial charge in [-0.3, -0.25) is 4.21 Å². The molecule has 0 saturated carbocycles. The number of ether oxygens (including phenoxy) is 1. The van der Waals surface area contributed by atoms with Crippen LogP contribution in [0, 0.1) is 0 Å². The van der Waals surface area contributed by atoms with Crippen LogP contribution in [0.2, 0.25) is 0 Å². The summed E-state index contributed by atoms with van der Waals surface area (Å²) in [6, 6.07) is 20.3. The van der Waals surface area contributed by atoms with E-state index in [2.05, 4.69) is 0 Å². The standard InChI is InChI=1S/C20H18O4S/c21-20(22)17-10-8-15(9-11-17)14-25(23)13-12-24-19-7-3-5-16-4-1-2-6-18(16)19/h1-11H,12-14H2,(H,21,22). The van der Waals surface area contributed by atoms with Crippen LogP contribution in [0.4, 0.5) is 0 Å². The van der Waals surface area contributed by atoms with Gasteiger partial charge < -0.3 is 9.84 Å². The molecule has 1 atom stereocenters. The minimum absolute atomic E-state index is 0.230. The van der Waals surface area contributed by atoms with Gasteiger partial charge in [-0.05, 0) is 29.1 Å². The lowest BCUT2D eigenvalue weighted by Gasteiger charge is -2.09. The van der Waals surface area contributed by atoms with Crippen molar-refractivity contribution >= 4 is 27.5 Å². The zero-order chi connectivity index (χ0) is 17.6. The van der Waals surface area contributed by atoms with Crippen LogP contribution in [0.3, 0.4) is 0 Å². The zero-order valence-corrected chi connectivity index (χ0v) is 14.4. The van der Waals surface area contributed by atoms with Crippen molar-refractivity contribution in [1.82, 2.24) is 0 Å². The van der Waals surface area contributed by atoms with E-state index in [0.29, 0.717) is 18.1 Å². The van der Waals surface area contributed by atoms with Crippen molar-refractivity contribution in [3.05, 3.63) is 77.9 Å². The minimum atomic E-state index is -1.07. The lowest BCUT2D eigenvalue weighted by molar-refractivity contribution is 0.0697. The molecule has 0 spiro atoms. The molecule has 0 heterocycles. The van der Waals surface area contributed by atoms with Gasteiger partial charge in [-0.2, -0.15) is 0 Å². The van der Waals surface area contributed by atoms with Gasteiger partial charge in [0, 0.05) is 21.9 Å². The summed E-state index contributed by atoms with van der Waals surface area (Å²) in [5.74, 6) is 0.639. The second-order valence-electron chi connectivity index (χ2n) is 5.62. The Morgan fingerprint density at radius 1 is 0.960 bits per heavy atom. The summed E-state index contributed by atoms with van der Waals surface area (Å²) in [4.78, 5) is 10.8. The minimum Gasteiger partial charge on any atom is -0.492 e. The summed E-state index contributed by atoms with van der Waals surface area (Å²) in [5, 5.41) is 11.0. The average molecular weight is 354 g/mol. The number of benzene rings is 3. The summed E-state index contributed by atoms with van der Waals surface area (Å²) in [7, 11) is -1.07. The molecule has 3 aromatic carbocycles. The summed E-state index contributed by atoms with van der Waals surface area (Å²) in [6.07, 6.45) is 0. The number of aromatic carboxylic acids is 1. The van der Waals surface area contributed by atoms with Crippen LogP contribution in [-0.4, -0.2) is 27.6 Å². The number of hydrogen-bond donors (Lipinski definition) is 1. The number of fused-ring (bicyclic) bond motifs is 1. The van der Waals surface area contributed by atoms with Gasteiger partial charge in [-0.1, -0.05) is 48.5 Å². The Morgan fingerprint density at radius 2 is 1.68 bits per heavy atom. The molecule has 0 bridgehead atoms. The predicted molar refractivity (Wildman–Crippen MR) is 99.6 cm³/mol. The van der Waals surface area contributed by atoms with Crippen molar-refractivity contribution in [2.75, 3.05) is 12.4 Å². The lowest BCUT2D eigenvalue weighted by atomic mass is 10.1. The van der Waals surface area contributed by atoms with Crippen molar-refractivity contribution < 1.29 is 18.8 Å². The largest absolute Gasteiger partial charge is 0.492 e. The fourth-order valence-corrected chi connectivity index (χ4v) is 3.55. The van der Waals surface area contributed by atoms with Crippen LogP contribution in [0.15, 0.2) is 66.7 Å². The van der Waals surface area contributed by atoms with Gasteiger partial charge in [0.15, 0.2) is 0 Å². The Kier molecular flexibility index (Phi) is 5.46. The number of carboxylic acids is 1. The van der Waals surface area contributed by atoms with E-state index in [9.17, 15) is 9.00 Å². The molecule has 3 rings (SSSR count). The molecule has 1 unspecified atom stereocenters. The molecule has 5 heteroatoms. The highest BCUT2D eigenvalue weighted by molar-refractivity contribution is 7.84. The Morgan fingerprint density at radius 3 is 2.44 bits per heavy atom. The Labute approximate surface area is 148 Å². The van der Waals surface area contributed by atoms with Crippen LogP contribution in [0.5, 0.6) is 5.75 Å². The van der Waals surface area contributed by atoms with E-state index in [4.69, 9.17) is 9.84 Å². The molecule has 0 amide bonds. The van der Waals surface area contributed by atoms with Gasteiger partial charge in [-0.15, -0.1) is 0 Å². The SMILES string of the molecule is O=C(O)c1ccc(CS(=O)CCOc2cccc3ccccc23)cc1. The molecule has 128 valence electrons. The molecular formula is C20H18O4S. The maximum atomic E-state index is 12.2. The molecule has 3 aromatic rings. The topological polar surface area (TPSA) is 63.6 Å². The van der Waals surface area contributed by atoms with Gasteiger partial charge in [0.05, 0.1) is 17.9 Å². The maximum Gasteiger partial charge on any atom is 0.335 e. The van der Waals surface area contributed by atoms with Crippen molar-refractivity contribution in [3.8, 4) is 5.75 Å². The quantitative estimate of drug-likeness (QED) is 0.700. The number of hydrogen-bond acceptors (Lipinski definition) is 3. The Bertz CT molecular complexity index is 898. The van der Waals surface area contributed by atoms with Gasteiger partial charge in [0.25, 0.3) is 0 Å². The van der Waals surface area contributed by atoms with Gasteiger partial charge in [0.1, 0.15) is 5.75 Å². The molecule has 0 radical (unpaired) electrons. The third-order valence-electron chi connectivity index (χ3n) is 3.85. The van der Waals surface area contributed by atoms with Crippen molar-refractivity contribution in [3.63, 3.8) is 0 Å². The zero-order valence-electron chi connectivity index (χ0n) is 13.6. The lowest BCUT2D eigenvalue weighted by Crippen LogP contribution is -2.10. The number of rotatable bonds is 7. The van der Waals surface area contributed by atoms with Gasteiger partial charge >= 0.3 is 5.97 Å². The summed E-state index contributed by atoms with van der Waals surface area (Å²) >= 11 is 0. The van der Waals surface area contributed by atoms with Crippen molar-refractivity contribution in [1.29, 1.82) is 0 Å².